The number of methoxy groups -OCH3 is 1. The Bertz CT molecular complexity index is 361. The van der Waals surface area contributed by atoms with Crippen LogP contribution in [0.4, 0.5) is 0 Å². The molecule has 16 heavy (non-hydrogen) atoms. The second-order valence-electron chi connectivity index (χ2n) is 3.45. The quantitative estimate of drug-likeness (QED) is 0.813. The van der Waals surface area contributed by atoms with E-state index in [1.54, 1.807) is 19.1 Å². The van der Waals surface area contributed by atoms with Crippen LogP contribution < -0.4 is 0 Å². The highest BCUT2D eigenvalue weighted by molar-refractivity contribution is 9.13. The first kappa shape index (κ1) is 14.2. The molecule has 3 nitrogen and oxygen atoms in total. The molecule has 0 spiro atoms. The minimum absolute atomic E-state index is 0.0148. The standard InChI is InChI=1S/C10H13Br2NO2S/c1-6(5-15-3)13(2)10(14)8-4-7(11)9(12)16-8/h4,6H,5H2,1-3H3. The average molecular weight is 371 g/mol. The molecule has 1 amide bonds. The van der Waals surface area contributed by atoms with Crippen LogP contribution in [0.1, 0.15) is 16.6 Å². The minimum Gasteiger partial charge on any atom is -0.383 e. The van der Waals surface area contributed by atoms with E-state index < -0.39 is 0 Å². The van der Waals surface area contributed by atoms with Crippen molar-refractivity contribution in [2.45, 2.75) is 13.0 Å². The van der Waals surface area contributed by atoms with Crippen molar-refractivity contribution in [1.82, 2.24) is 4.90 Å². The van der Waals surface area contributed by atoms with Gasteiger partial charge in [0.1, 0.15) is 0 Å². The van der Waals surface area contributed by atoms with Crippen molar-refractivity contribution >= 4 is 49.1 Å². The molecular weight excluding hydrogens is 358 g/mol. The molecule has 0 saturated heterocycles. The van der Waals surface area contributed by atoms with Gasteiger partial charge in [-0.2, -0.15) is 0 Å². The molecule has 0 radical (unpaired) electrons. The fraction of sp³-hybridized carbons (Fsp3) is 0.500. The van der Waals surface area contributed by atoms with Gasteiger partial charge in [-0.3, -0.25) is 4.79 Å². The molecule has 1 heterocycles. The summed E-state index contributed by atoms with van der Waals surface area (Å²) in [6.45, 7) is 2.50. The maximum Gasteiger partial charge on any atom is 0.264 e. The van der Waals surface area contributed by atoms with E-state index in [4.69, 9.17) is 4.74 Å². The molecular formula is C10H13Br2NO2S. The summed E-state index contributed by atoms with van der Waals surface area (Å²) in [4.78, 5) is 14.5. The van der Waals surface area contributed by atoms with Crippen molar-refractivity contribution in [2.24, 2.45) is 0 Å². The van der Waals surface area contributed by atoms with Crippen LogP contribution in [0.5, 0.6) is 0 Å². The molecule has 0 aliphatic rings. The molecule has 0 saturated carbocycles. The highest BCUT2D eigenvalue weighted by Crippen LogP contribution is 2.33. The lowest BCUT2D eigenvalue weighted by Gasteiger charge is -2.23. The first-order valence-electron chi connectivity index (χ1n) is 4.68. The van der Waals surface area contributed by atoms with Gasteiger partial charge in [0.15, 0.2) is 0 Å². The lowest BCUT2D eigenvalue weighted by atomic mass is 10.3. The predicted octanol–water partition coefficient (Wildman–Crippen LogP) is 3.38. The first-order valence-corrected chi connectivity index (χ1v) is 7.08. The maximum absolute atomic E-state index is 12.1. The van der Waals surface area contributed by atoms with Gasteiger partial charge in [0.25, 0.3) is 5.91 Å². The van der Waals surface area contributed by atoms with Gasteiger partial charge in [0.2, 0.25) is 0 Å². The second kappa shape index (κ2) is 6.14. The summed E-state index contributed by atoms with van der Waals surface area (Å²) in [5.41, 5.74) is 0. The Labute approximate surface area is 116 Å². The largest absolute Gasteiger partial charge is 0.383 e. The Hall–Kier alpha value is 0.0900. The Kier molecular flexibility index (Phi) is 5.43. The van der Waals surface area contributed by atoms with Crippen molar-refractivity contribution < 1.29 is 9.53 Å². The third-order valence-electron chi connectivity index (χ3n) is 2.25. The number of carbonyl (C=O) groups excluding carboxylic acids is 1. The first-order chi connectivity index (χ1) is 7.47. The van der Waals surface area contributed by atoms with Crippen LogP contribution in [0, 0.1) is 0 Å². The third kappa shape index (κ3) is 3.29. The van der Waals surface area contributed by atoms with E-state index in [0.717, 1.165) is 8.26 Å². The van der Waals surface area contributed by atoms with Gasteiger partial charge in [0, 0.05) is 18.6 Å². The van der Waals surface area contributed by atoms with E-state index in [1.165, 1.54) is 11.3 Å². The van der Waals surface area contributed by atoms with Crippen LogP contribution in [0.25, 0.3) is 0 Å². The molecule has 0 aromatic carbocycles. The summed E-state index contributed by atoms with van der Waals surface area (Å²) >= 11 is 8.17. The molecule has 0 fully saturated rings. The summed E-state index contributed by atoms with van der Waals surface area (Å²) in [7, 11) is 3.42. The molecule has 1 aromatic rings. The Morgan fingerprint density at radius 1 is 1.62 bits per heavy atom. The molecule has 90 valence electrons. The molecule has 1 atom stereocenters. The van der Waals surface area contributed by atoms with Crippen LogP contribution in [-0.4, -0.2) is 37.6 Å². The smallest absolute Gasteiger partial charge is 0.264 e. The van der Waals surface area contributed by atoms with Gasteiger partial charge in [0.05, 0.1) is 21.3 Å². The zero-order valence-electron chi connectivity index (χ0n) is 9.29. The van der Waals surface area contributed by atoms with Crippen molar-refractivity contribution in [3.63, 3.8) is 0 Å². The van der Waals surface area contributed by atoms with Gasteiger partial charge in [-0.1, -0.05) is 0 Å². The van der Waals surface area contributed by atoms with E-state index in [0.29, 0.717) is 11.5 Å². The van der Waals surface area contributed by atoms with E-state index in [2.05, 4.69) is 31.9 Å². The molecule has 0 N–H and O–H groups in total. The van der Waals surface area contributed by atoms with Crippen LogP contribution in [0.2, 0.25) is 0 Å². The zero-order chi connectivity index (χ0) is 12.3. The number of nitrogens with zero attached hydrogens (tertiary/aromatic N) is 1. The maximum atomic E-state index is 12.1. The molecule has 1 rings (SSSR count). The lowest BCUT2D eigenvalue weighted by molar-refractivity contribution is 0.0638. The number of halogens is 2. The van der Waals surface area contributed by atoms with E-state index in [1.807, 2.05) is 13.0 Å². The van der Waals surface area contributed by atoms with Crippen molar-refractivity contribution in [3.05, 3.63) is 19.2 Å². The van der Waals surface area contributed by atoms with Crippen molar-refractivity contribution in [2.75, 3.05) is 20.8 Å². The number of rotatable bonds is 4. The Morgan fingerprint density at radius 2 is 2.25 bits per heavy atom. The summed E-state index contributed by atoms with van der Waals surface area (Å²) in [5.74, 6) is 0.0148. The summed E-state index contributed by atoms with van der Waals surface area (Å²) in [6, 6.07) is 1.89. The number of amides is 1. The number of thiophene rings is 1. The highest BCUT2D eigenvalue weighted by atomic mass is 79.9. The van der Waals surface area contributed by atoms with Gasteiger partial charge < -0.3 is 9.64 Å². The van der Waals surface area contributed by atoms with Crippen molar-refractivity contribution in [3.8, 4) is 0 Å². The fourth-order valence-corrected chi connectivity index (χ4v) is 3.20. The number of carbonyl (C=O) groups is 1. The molecule has 0 aliphatic carbocycles. The molecule has 6 heteroatoms. The lowest BCUT2D eigenvalue weighted by Crippen LogP contribution is -2.37. The van der Waals surface area contributed by atoms with Gasteiger partial charge in [-0.15, -0.1) is 11.3 Å². The molecule has 0 bridgehead atoms. The summed E-state index contributed by atoms with van der Waals surface area (Å²) in [6.07, 6.45) is 0. The van der Waals surface area contributed by atoms with Crippen LogP contribution in [-0.2, 0) is 4.74 Å². The molecule has 0 aliphatic heterocycles. The monoisotopic (exact) mass is 369 g/mol. The number of ether oxygens (including phenoxy) is 1. The zero-order valence-corrected chi connectivity index (χ0v) is 13.3. The minimum atomic E-state index is 0.0148. The van der Waals surface area contributed by atoms with Crippen LogP contribution in [0.3, 0.4) is 0 Å². The normalized spacial score (nSPS) is 12.6. The SMILES string of the molecule is COCC(C)N(C)C(=O)c1cc(Br)c(Br)s1. The van der Waals surface area contributed by atoms with Gasteiger partial charge in [-0.05, 0) is 44.8 Å². The summed E-state index contributed by atoms with van der Waals surface area (Å²) < 4.78 is 6.88. The highest BCUT2D eigenvalue weighted by Gasteiger charge is 2.20. The van der Waals surface area contributed by atoms with Gasteiger partial charge in [-0.25, -0.2) is 0 Å². The third-order valence-corrected chi connectivity index (χ3v) is 5.49. The van der Waals surface area contributed by atoms with Crippen LogP contribution >= 0.6 is 43.2 Å². The second-order valence-corrected chi connectivity index (χ2v) is 6.68. The number of likely N-dealkylation sites (N-methyl/N-ethyl adjacent to an activating group) is 1. The average Bonchev–Trinajstić information content (AvgIpc) is 2.57. The number of hydrogen-bond donors (Lipinski definition) is 0. The molecule has 1 aromatic heterocycles. The van der Waals surface area contributed by atoms with E-state index in [-0.39, 0.29) is 11.9 Å². The topological polar surface area (TPSA) is 29.5 Å². The van der Waals surface area contributed by atoms with Gasteiger partial charge >= 0.3 is 0 Å². The fourth-order valence-electron chi connectivity index (χ4n) is 1.18. The summed E-state index contributed by atoms with van der Waals surface area (Å²) in [5, 5.41) is 0. The van der Waals surface area contributed by atoms with Crippen molar-refractivity contribution in [1.29, 1.82) is 0 Å². The Morgan fingerprint density at radius 3 is 2.69 bits per heavy atom. The number of hydrogen-bond acceptors (Lipinski definition) is 3. The van der Waals surface area contributed by atoms with Crippen LogP contribution in [0.15, 0.2) is 14.3 Å². The van der Waals surface area contributed by atoms with E-state index in [9.17, 15) is 4.79 Å². The van der Waals surface area contributed by atoms with E-state index >= 15 is 0 Å². The molecule has 1 unspecified atom stereocenters. The predicted molar refractivity (Wildman–Crippen MR) is 73.2 cm³/mol. The Balaban J connectivity index is 2.77.